The number of aliphatic carboxylic acids is 1. The number of carboxylic acid groups (broad SMARTS) is 1. The largest absolute Gasteiger partial charge is 0.506 e. The molecule has 6 nitrogen and oxygen atoms in total. The third-order valence-corrected chi connectivity index (χ3v) is 3.29. The number of nitrogens with zero attached hydrogens (tertiary/aromatic N) is 1. The van der Waals surface area contributed by atoms with Crippen LogP contribution in [0.2, 0.25) is 5.02 Å². The van der Waals surface area contributed by atoms with Gasteiger partial charge in [0.15, 0.2) is 0 Å². The number of carbonyl (C=O) groups is 2. The number of hydrogen-bond acceptors (Lipinski definition) is 4. The van der Waals surface area contributed by atoms with Crippen LogP contribution in [0.5, 0.6) is 5.75 Å². The second-order valence-corrected chi connectivity index (χ2v) is 4.63. The molecule has 1 heterocycles. The van der Waals surface area contributed by atoms with Gasteiger partial charge in [0.1, 0.15) is 11.8 Å². The molecule has 1 aliphatic heterocycles. The summed E-state index contributed by atoms with van der Waals surface area (Å²) >= 11 is 5.75. The number of aromatic hydroxyl groups is 1. The zero-order valence-electron chi connectivity index (χ0n) is 9.97. The van der Waals surface area contributed by atoms with Crippen molar-refractivity contribution in [2.45, 2.75) is 6.04 Å². The highest BCUT2D eigenvalue weighted by Gasteiger charge is 2.32. The van der Waals surface area contributed by atoms with Crippen molar-refractivity contribution in [1.82, 2.24) is 10.2 Å². The van der Waals surface area contributed by atoms with E-state index in [9.17, 15) is 14.7 Å². The fourth-order valence-corrected chi connectivity index (χ4v) is 2.15. The molecule has 1 fully saturated rings. The molecule has 7 heteroatoms. The maximum absolute atomic E-state index is 12.3. The van der Waals surface area contributed by atoms with Crippen molar-refractivity contribution in [2.24, 2.45) is 0 Å². The van der Waals surface area contributed by atoms with E-state index in [1.54, 1.807) is 0 Å². The highest BCUT2D eigenvalue weighted by molar-refractivity contribution is 6.32. The van der Waals surface area contributed by atoms with Crippen LogP contribution < -0.4 is 5.32 Å². The zero-order chi connectivity index (χ0) is 14.0. The second-order valence-electron chi connectivity index (χ2n) is 4.22. The molecule has 1 aromatic rings. The van der Waals surface area contributed by atoms with Crippen LogP contribution >= 0.6 is 11.6 Å². The maximum atomic E-state index is 12.3. The Morgan fingerprint density at radius 3 is 2.79 bits per heavy atom. The molecule has 1 aliphatic rings. The standard InChI is InChI=1S/C12H13ClN2O4/c13-8-5-7(1-2-10(8)16)11(17)15-4-3-14-6-9(15)12(18)19/h1-2,5,9,14,16H,3-4,6H2,(H,18,19). The van der Waals surface area contributed by atoms with E-state index in [1.165, 1.54) is 23.1 Å². The van der Waals surface area contributed by atoms with Crippen molar-refractivity contribution < 1.29 is 19.8 Å². The van der Waals surface area contributed by atoms with Gasteiger partial charge in [-0.05, 0) is 18.2 Å². The van der Waals surface area contributed by atoms with E-state index in [2.05, 4.69) is 5.32 Å². The number of nitrogens with one attached hydrogen (secondary N) is 1. The first-order chi connectivity index (χ1) is 9.00. The summed E-state index contributed by atoms with van der Waals surface area (Å²) in [5.41, 5.74) is 0.260. The van der Waals surface area contributed by atoms with Crippen LogP contribution in [0.25, 0.3) is 0 Å². The predicted octanol–water partition coefficient (Wildman–Crippen LogP) is 0.544. The van der Waals surface area contributed by atoms with Crippen LogP contribution in [0.15, 0.2) is 18.2 Å². The highest BCUT2D eigenvalue weighted by Crippen LogP contribution is 2.24. The first kappa shape index (κ1) is 13.6. The average Bonchev–Trinajstić information content (AvgIpc) is 2.41. The minimum Gasteiger partial charge on any atom is -0.506 e. The van der Waals surface area contributed by atoms with Crippen molar-refractivity contribution >= 4 is 23.5 Å². The van der Waals surface area contributed by atoms with Crippen LogP contribution in [0.3, 0.4) is 0 Å². The third-order valence-electron chi connectivity index (χ3n) is 2.98. The molecule has 1 amide bonds. The molecule has 0 radical (unpaired) electrons. The summed E-state index contributed by atoms with van der Waals surface area (Å²) in [7, 11) is 0. The molecule has 1 saturated heterocycles. The lowest BCUT2D eigenvalue weighted by molar-refractivity contribution is -0.142. The quantitative estimate of drug-likeness (QED) is 0.738. The molecule has 1 aromatic carbocycles. The van der Waals surface area contributed by atoms with E-state index in [0.29, 0.717) is 13.1 Å². The number of hydrogen-bond donors (Lipinski definition) is 3. The number of halogens is 1. The van der Waals surface area contributed by atoms with E-state index in [1.807, 2.05) is 0 Å². The van der Waals surface area contributed by atoms with Gasteiger partial charge in [0, 0.05) is 25.2 Å². The summed E-state index contributed by atoms with van der Waals surface area (Å²) in [6, 6.07) is 3.17. The molecular formula is C12H13ClN2O4. The lowest BCUT2D eigenvalue weighted by Crippen LogP contribution is -2.56. The number of phenols is 1. The Morgan fingerprint density at radius 2 is 2.16 bits per heavy atom. The molecule has 0 aliphatic carbocycles. The van der Waals surface area contributed by atoms with Gasteiger partial charge in [0.25, 0.3) is 5.91 Å². The van der Waals surface area contributed by atoms with Gasteiger partial charge >= 0.3 is 5.97 Å². The molecule has 19 heavy (non-hydrogen) atoms. The van der Waals surface area contributed by atoms with Crippen LogP contribution in [0.4, 0.5) is 0 Å². The molecule has 2 rings (SSSR count). The molecule has 102 valence electrons. The van der Waals surface area contributed by atoms with Crippen LogP contribution in [0.1, 0.15) is 10.4 Å². The highest BCUT2D eigenvalue weighted by atomic mass is 35.5. The Hall–Kier alpha value is -1.79. The zero-order valence-corrected chi connectivity index (χ0v) is 10.7. The summed E-state index contributed by atoms with van der Waals surface area (Å²) in [6.45, 7) is 1.07. The van der Waals surface area contributed by atoms with E-state index in [-0.39, 0.29) is 22.9 Å². The first-order valence-electron chi connectivity index (χ1n) is 5.73. The number of piperazine rings is 1. The number of benzene rings is 1. The Morgan fingerprint density at radius 1 is 1.42 bits per heavy atom. The van der Waals surface area contributed by atoms with E-state index in [4.69, 9.17) is 16.7 Å². The summed E-state index contributed by atoms with van der Waals surface area (Å²) < 4.78 is 0. The van der Waals surface area contributed by atoms with Gasteiger partial charge in [-0.1, -0.05) is 11.6 Å². The van der Waals surface area contributed by atoms with Crippen molar-refractivity contribution in [1.29, 1.82) is 0 Å². The van der Waals surface area contributed by atoms with Gasteiger partial charge in [-0.2, -0.15) is 0 Å². The molecule has 3 N–H and O–H groups in total. The third kappa shape index (κ3) is 2.80. The Bertz CT molecular complexity index is 520. The molecule has 0 saturated carbocycles. The summed E-state index contributed by atoms with van der Waals surface area (Å²) in [5.74, 6) is -1.57. The van der Waals surface area contributed by atoms with E-state index < -0.39 is 17.9 Å². The molecule has 0 aromatic heterocycles. The topological polar surface area (TPSA) is 89.9 Å². The minimum atomic E-state index is -1.05. The molecular weight excluding hydrogens is 272 g/mol. The van der Waals surface area contributed by atoms with Crippen LogP contribution in [0, 0.1) is 0 Å². The number of carboxylic acids is 1. The number of rotatable bonds is 2. The van der Waals surface area contributed by atoms with Crippen molar-refractivity contribution in [3.8, 4) is 5.75 Å². The van der Waals surface area contributed by atoms with E-state index in [0.717, 1.165) is 0 Å². The lowest BCUT2D eigenvalue weighted by Gasteiger charge is -2.33. The average molecular weight is 285 g/mol. The van der Waals surface area contributed by atoms with Gasteiger partial charge in [0.2, 0.25) is 0 Å². The molecule has 1 unspecified atom stereocenters. The number of phenolic OH excluding ortho intramolecular Hbond substituents is 1. The Balaban J connectivity index is 2.26. The molecule has 1 atom stereocenters. The lowest BCUT2D eigenvalue weighted by atomic mass is 10.1. The predicted molar refractivity (Wildman–Crippen MR) is 68.4 cm³/mol. The fraction of sp³-hybridized carbons (Fsp3) is 0.333. The van der Waals surface area contributed by atoms with Crippen molar-refractivity contribution in [2.75, 3.05) is 19.6 Å². The fourth-order valence-electron chi connectivity index (χ4n) is 1.97. The molecule has 0 bridgehead atoms. The van der Waals surface area contributed by atoms with Gasteiger partial charge in [-0.15, -0.1) is 0 Å². The van der Waals surface area contributed by atoms with Crippen LogP contribution in [-0.4, -0.2) is 52.7 Å². The first-order valence-corrected chi connectivity index (χ1v) is 6.11. The molecule has 0 spiro atoms. The van der Waals surface area contributed by atoms with Gasteiger partial charge in [-0.3, -0.25) is 4.79 Å². The summed E-state index contributed by atoms with van der Waals surface area (Å²) in [5, 5.41) is 21.4. The SMILES string of the molecule is O=C(O)C1CNCCN1C(=O)c1ccc(O)c(Cl)c1. The Kier molecular flexibility index (Phi) is 3.92. The van der Waals surface area contributed by atoms with Crippen molar-refractivity contribution in [3.63, 3.8) is 0 Å². The number of amides is 1. The van der Waals surface area contributed by atoms with Gasteiger partial charge in [0.05, 0.1) is 5.02 Å². The summed E-state index contributed by atoms with van der Waals surface area (Å²) in [6.07, 6.45) is 0. The van der Waals surface area contributed by atoms with Crippen molar-refractivity contribution in [3.05, 3.63) is 28.8 Å². The van der Waals surface area contributed by atoms with Gasteiger partial charge in [-0.25, -0.2) is 4.79 Å². The smallest absolute Gasteiger partial charge is 0.327 e. The number of carbonyl (C=O) groups excluding carboxylic acids is 1. The maximum Gasteiger partial charge on any atom is 0.327 e. The van der Waals surface area contributed by atoms with E-state index >= 15 is 0 Å². The monoisotopic (exact) mass is 284 g/mol. The van der Waals surface area contributed by atoms with Crippen LogP contribution in [-0.2, 0) is 4.79 Å². The summed E-state index contributed by atoms with van der Waals surface area (Å²) in [4.78, 5) is 24.7. The Labute approximate surface area is 114 Å². The minimum absolute atomic E-state index is 0.0628. The second kappa shape index (κ2) is 5.46. The normalized spacial score (nSPS) is 19.2. The van der Waals surface area contributed by atoms with Gasteiger partial charge < -0.3 is 20.4 Å².